The van der Waals surface area contributed by atoms with Gasteiger partial charge in [0, 0.05) is 17.5 Å². The molecular formula is C8H7BBrNO. The topological polar surface area (TPSA) is 30.0 Å². The number of halogens is 1. The number of nitrogens with zero attached hydrogens (tertiary/aromatic N) is 1. The molecule has 1 aromatic rings. The molecule has 1 aromatic heterocycles. The van der Waals surface area contributed by atoms with Crippen molar-refractivity contribution in [2.45, 2.75) is 6.32 Å². The zero-order valence-electron chi connectivity index (χ0n) is 6.46. The van der Waals surface area contributed by atoms with Gasteiger partial charge in [-0.1, -0.05) is 15.9 Å². The van der Waals surface area contributed by atoms with Crippen molar-refractivity contribution in [3.05, 3.63) is 29.6 Å². The highest BCUT2D eigenvalue weighted by Gasteiger charge is 2.07. The van der Waals surface area contributed by atoms with Crippen LogP contribution in [-0.2, 0) is 6.32 Å². The Balaban J connectivity index is 3.04. The third kappa shape index (κ3) is 1.94. The van der Waals surface area contributed by atoms with Crippen molar-refractivity contribution in [1.82, 2.24) is 4.98 Å². The van der Waals surface area contributed by atoms with Gasteiger partial charge in [-0.15, -0.1) is 0 Å². The number of carbonyl (C=O) groups excluding carboxylic acids is 1. The summed E-state index contributed by atoms with van der Waals surface area (Å²) in [5, 5.41) is 0.311. The number of Topliss-reactive ketones (excluding diaryl/α,β-unsaturated/α-hetero) is 1. The third-order valence-electron chi connectivity index (χ3n) is 1.51. The van der Waals surface area contributed by atoms with E-state index in [0.29, 0.717) is 22.9 Å². The first kappa shape index (κ1) is 9.45. The maximum absolute atomic E-state index is 11.3. The quantitative estimate of drug-likeness (QED) is 0.440. The van der Waals surface area contributed by atoms with Crippen molar-refractivity contribution in [2.24, 2.45) is 0 Å². The van der Waals surface area contributed by atoms with E-state index in [2.05, 4.69) is 20.9 Å². The summed E-state index contributed by atoms with van der Waals surface area (Å²) in [6.45, 7) is 0. The van der Waals surface area contributed by atoms with E-state index in [-0.39, 0.29) is 5.78 Å². The fraction of sp³-hybridized carbons (Fsp3) is 0.250. The van der Waals surface area contributed by atoms with E-state index in [1.54, 1.807) is 18.3 Å². The fourth-order valence-electron chi connectivity index (χ4n) is 0.927. The van der Waals surface area contributed by atoms with E-state index in [1.165, 1.54) is 0 Å². The van der Waals surface area contributed by atoms with Crippen LogP contribution in [0.3, 0.4) is 0 Å². The van der Waals surface area contributed by atoms with Gasteiger partial charge in [-0.3, -0.25) is 9.78 Å². The molecule has 0 spiro atoms. The molecule has 1 rings (SSSR count). The first-order valence-corrected chi connectivity index (χ1v) is 4.65. The monoisotopic (exact) mass is 223 g/mol. The SMILES string of the molecule is [B]Cc1ncccc1C(=O)CBr. The van der Waals surface area contributed by atoms with Gasteiger partial charge in [0.05, 0.1) is 13.2 Å². The average Bonchev–Trinajstić information content (AvgIpc) is 2.16. The van der Waals surface area contributed by atoms with Gasteiger partial charge in [-0.05, 0) is 18.5 Å². The highest BCUT2D eigenvalue weighted by molar-refractivity contribution is 9.09. The number of hydrogen-bond acceptors (Lipinski definition) is 2. The largest absolute Gasteiger partial charge is 0.293 e. The van der Waals surface area contributed by atoms with Gasteiger partial charge in [-0.25, -0.2) is 0 Å². The fourth-order valence-corrected chi connectivity index (χ4v) is 1.23. The van der Waals surface area contributed by atoms with Crippen molar-refractivity contribution in [3.8, 4) is 0 Å². The average molecular weight is 224 g/mol. The van der Waals surface area contributed by atoms with E-state index >= 15 is 0 Å². The highest BCUT2D eigenvalue weighted by atomic mass is 79.9. The summed E-state index contributed by atoms with van der Waals surface area (Å²) in [4.78, 5) is 15.3. The lowest BCUT2D eigenvalue weighted by Gasteiger charge is -2.02. The van der Waals surface area contributed by atoms with Gasteiger partial charge in [0.2, 0.25) is 0 Å². The summed E-state index contributed by atoms with van der Waals surface area (Å²) in [6, 6.07) is 3.47. The number of aromatic nitrogens is 1. The number of ketones is 1. The molecule has 0 saturated heterocycles. The van der Waals surface area contributed by atoms with Crippen LogP contribution in [0, 0.1) is 0 Å². The minimum absolute atomic E-state index is 0.0172. The highest BCUT2D eigenvalue weighted by Crippen LogP contribution is 2.07. The molecule has 0 amide bonds. The summed E-state index contributed by atoms with van der Waals surface area (Å²) in [6.07, 6.45) is 1.93. The van der Waals surface area contributed by atoms with Crippen LogP contribution in [0.15, 0.2) is 18.3 Å². The van der Waals surface area contributed by atoms with Crippen LogP contribution < -0.4 is 0 Å². The molecular weight excluding hydrogens is 217 g/mol. The molecule has 4 heteroatoms. The molecule has 0 unspecified atom stereocenters. The van der Waals surface area contributed by atoms with Crippen LogP contribution in [0.1, 0.15) is 16.1 Å². The minimum Gasteiger partial charge on any atom is -0.293 e. The van der Waals surface area contributed by atoms with E-state index in [9.17, 15) is 4.79 Å². The summed E-state index contributed by atoms with van der Waals surface area (Å²) in [7, 11) is 5.41. The Bertz CT molecular complexity index is 290. The lowest BCUT2D eigenvalue weighted by atomic mass is 9.96. The molecule has 12 heavy (non-hydrogen) atoms. The molecule has 0 saturated carbocycles. The van der Waals surface area contributed by atoms with Crippen molar-refractivity contribution in [2.75, 3.05) is 5.33 Å². The van der Waals surface area contributed by atoms with Gasteiger partial charge >= 0.3 is 0 Å². The molecule has 0 aliphatic carbocycles. The van der Waals surface area contributed by atoms with Crippen molar-refractivity contribution in [1.29, 1.82) is 0 Å². The summed E-state index contributed by atoms with van der Waals surface area (Å²) in [5.41, 5.74) is 1.26. The molecule has 1 heterocycles. The minimum atomic E-state index is 0.0172. The second-order valence-corrected chi connectivity index (χ2v) is 2.82. The predicted molar refractivity (Wildman–Crippen MR) is 51.8 cm³/mol. The van der Waals surface area contributed by atoms with Crippen LogP contribution in [-0.4, -0.2) is 23.9 Å². The standard InChI is InChI=1S/C8H7BBrNO/c9-4-7-6(8(12)5-10)2-1-3-11-7/h1-3H,4-5H2. The van der Waals surface area contributed by atoms with Crippen molar-refractivity contribution < 1.29 is 4.79 Å². The molecule has 60 valence electrons. The van der Waals surface area contributed by atoms with E-state index in [1.807, 2.05) is 0 Å². The molecule has 0 aliphatic heterocycles. The van der Waals surface area contributed by atoms with Crippen LogP contribution in [0.4, 0.5) is 0 Å². The van der Waals surface area contributed by atoms with Crippen molar-refractivity contribution in [3.63, 3.8) is 0 Å². The Kier molecular flexibility index (Phi) is 3.47. The van der Waals surface area contributed by atoms with Crippen molar-refractivity contribution >= 4 is 29.6 Å². The number of carbonyl (C=O) groups is 1. The van der Waals surface area contributed by atoms with Gasteiger partial charge in [-0.2, -0.15) is 0 Å². The second-order valence-electron chi connectivity index (χ2n) is 2.26. The Morgan fingerprint density at radius 1 is 1.67 bits per heavy atom. The maximum Gasteiger partial charge on any atom is 0.175 e. The zero-order chi connectivity index (χ0) is 8.97. The van der Waals surface area contributed by atoms with Crippen LogP contribution >= 0.6 is 15.9 Å². The molecule has 0 aliphatic rings. The molecule has 0 N–H and O–H groups in total. The number of alkyl halides is 1. The normalized spacial score (nSPS) is 9.75. The van der Waals surface area contributed by atoms with Gasteiger partial charge in [0.1, 0.15) is 0 Å². The first-order chi connectivity index (χ1) is 5.79. The Morgan fingerprint density at radius 2 is 2.42 bits per heavy atom. The number of rotatable bonds is 3. The van der Waals surface area contributed by atoms with Crippen LogP contribution in [0.5, 0.6) is 0 Å². The first-order valence-electron chi connectivity index (χ1n) is 3.52. The van der Waals surface area contributed by atoms with Gasteiger partial charge in [0.25, 0.3) is 0 Å². The molecule has 0 aromatic carbocycles. The zero-order valence-corrected chi connectivity index (χ0v) is 8.04. The van der Waals surface area contributed by atoms with E-state index in [4.69, 9.17) is 7.85 Å². The summed E-state index contributed by atoms with van der Waals surface area (Å²) in [5.74, 6) is 0.0172. The number of hydrogen-bond donors (Lipinski definition) is 0. The molecule has 2 radical (unpaired) electrons. The number of pyridine rings is 1. The smallest absolute Gasteiger partial charge is 0.175 e. The molecule has 0 fully saturated rings. The molecule has 2 nitrogen and oxygen atoms in total. The Morgan fingerprint density at radius 3 is 3.00 bits per heavy atom. The van der Waals surface area contributed by atoms with Crippen LogP contribution in [0.2, 0.25) is 0 Å². The summed E-state index contributed by atoms with van der Waals surface area (Å²) >= 11 is 3.10. The Hall–Kier alpha value is -0.635. The lowest BCUT2D eigenvalue weighted by Crippen LogP contribution is -2.06. The maximum atomic E-state index is 11.3. The van der Waals surface area contributed by atoms with Crippen LogP contribution in [0.25, 0.3) is 0 Å². The predicted octanol–water partition coefficient (Wildman–Crippen LogP) is 1.33. The summed E-state index contributed by atoms with van der Waals surface area (Å²) < 4.78 is 0. The van der Waals surface area contributed by atoms with E-state index in [0.717, 1.165) is 0 Å². The lowest BCUT2D eigenvalue weighted by molar-refractivity contribution is 0.102. The second kappa shape index (κ2) is 4.41. The van der Waals surface area contributed by atoms with Gasteiger partial charge in [0.15, 0.2) is 5.78 Å². The Labute approximate surface area is 80.9 Å². The molecule has 0 atom stereocenters. The van der Waals surface area contributed by atoms with E-state index < -0.39 is 0 Å². The molecule has 0 bridgehead atoms. The van der Waals surface area contributed by atoms with Gasteiger partial charge < -0.3 is 0 Å². The third-order valence-corrected chi connectivity index (χ3v) is 2.01.